The third-order valence-corrected chi connectivity index (χ3v) is 6.60. The van der Waals surface area contributed by atoms with Crippen LogP contribution >= 0.6 is 11.6 Å². The van der Waals surface area contributed by atoms with E-state index in [1.807, 2.05) is 29.2 Å². The molecule has 1 aromatic heterocycles. The number of nitrogens with zero attached hydrogens (tertiary/aromatic N) is 4. The molecule has 3 aromatic carbocycles. The highest BCUT2D eigenvalue weighted by Crippen LogP contribution is 2.42. The van der Waals surface area contributed by atoms with Crippen LogP contribution in [0.3, 0.4) is 0 Å². The molecule has 0 radical (unpaired) electrons. The lowest BCUT2D eigenvalue weighted by Crippen LogP contribution is -2.48. The van der Waals surface area contributed by atoms with Gasteiger partial charge in [-0.15, -0.1) is 0 Å². The molecule has 0 aliphatic carbocycles. The lowest BCUT2D eigenvalue weighted by Gasteiger charge is -2.35. The Hall–Kier alpha value is -4.24. The zero-order chi connectivity index (χ0) is 26.1. The summed E-state index contributed by atoms with van der Waals surface area (Å²) in [5.74, 6) is -0.531. The fraction of sp³-hybridized carbons (Fsp3) is 0.185. The largest absolute Gasteiger partial charge is 0.508 e. The molecule has 188 valence electrons. The van der Waals surface area contributed by atoms with Crippen molar-refractivity contribution < 1.29 is 23.8 Å². The highest BCUT2D eigenvalue weighted by atomic mass is 35.5. The minimum Gasteiger partial charge on any atom is -0.508 e. The normalized spacial score (nSPS) is 13.7. The summed E-state index contributed by atoms with van der Waals surface area (Å²) < 4.78 is 21.6. The van der Waals surface area contributed by atoms with E-state index in [2.05, 4.69) is 16.5 Å². The van der Waals surface area contributed by atoms with Gasteiger partial charge >= 0.3 is 6.01 Å². The van der Waals surface area contributed by atoms with Gasteiger partial charge in [-0.25, -0.2) is 4.39 Å². The number of rotatable bonds is 6. The van der Waals surface area contributed by atoms with E-state index >= 15 is 4.39 Å². The highest BCUT2D eigenvalue weighted by Gasteiger charge is 2.26. The van der Waals surface area contributed by atoms with Crippen molar-refractivity contribution >= 4 is 51.3 Å². The van der Waals surface area contributed by atoms with Gasteiger partial charge in [-0.1, -0.05) is 42.4 Å². The fourth-order valence-electron chi connectivity index (χ4n) is 4.59. The van der Waals surface area contributed by atoms with Crippen molar-refractivity contribution in [2.45, 2.75) is 0 Å². The maximum absolute atomic E-state index is 16.3. The monoisotopic (exact) mass is 520 g/mol. The lowest BCUT2D eigenvalue weighted by molar-refractivity contribution is -0.126. The maximum Gasteiger partial charge on any atom is 0.319 e. The fourth-order valence-corrected chi connectivity index (χ4v) is 4.88. The zero-order valence-corrected chi connectivity index (χ0v) is 20.4. The van der Waals surface area contributed by atoms with E-state index in [-0.39, 0.29) is 40.4 Å². The second-order valence-electron chi connectivity index (χ2n) is 8.48. The summed E-state index contributed by atoms with van der Waals surface area (Å²) in [6.45, 7) is 4.93. The number of carbonyl (C=O) groups is 2. The number of phenols is 1. The minimum atomic E-state index is -0.710. The predicted molar refractivity (Wildman–Crippen MR) is 140 cm³/mol. The number of aromatic nitrogens is 2. The Morgan fingerprint density at radius 2 is 1.89 bits per heavy atom. The van der Waals surface area contributed by atoms with Crippen LogP contribution in [-0.4, -0.2) is 65.0 Å². The SMILES string of the molecule is C=CC(=O)N1CCN(c2nc(OCC=O)nc3c(F)c(-c4cc(O)cc5ccccc45)c(Cl)cc23)CC1. The van der Waals surface area contributed by atoms with Crippen LogP contribution in [0, 0.1) is 5.82 Å². The van der Waals surface area contributed by atoms with E-state index in [1.54, 1.807) is 17.0 Å². The third kappa shape index (κ3) is 4.53. The summed E-state index contributed by atoms with van der Waals surface area (Å²) in [6, 6.07) is 11.8. The smallest absolute Gasteiger partial charge is 0.319 e. The number of aldehydes is 1. The van der Waals surface area contributed by atoms with E-state index in [9.17, 15) is 14.7 Å². The molecule has 1 N–H and O–H groups in total. The number of halogens is 2. The average molecular weight is 521 g/mol. The van der Waals surface area contributed by atoms with Gasteiger partial charge in [0.2, 0.25) is 5.91 Å². The van der Waals surface area contributed by atoms with Crippen LogP contribution in [0.15, 0.2) is 55.1 Å². The molecule has 5 rings (SSSR count). The van der Waals surface area contributed by atoms with Gasteiger partial charge in [-0.05, 0) is 40.6 Å². The molecule has 0 bridgehead atoms. The molecule has 0 spiro atoms. The van der Waals surface area contributed by atoms with Crippen LogP contribution in [0.2, 0.25) is 5.02 Å². The van der Waals surface area contributed by atoms with Crippen LogP contribution in [0.5, 0.6) is 11.8 Å². The summed E-state index contributed by atoms with van der Waals surface area (Å²) in [5.41, 5.74) is 0.447. The van der Waals surface area contributed by atoms with Crippen LogP contribution in [0.25, 0.3) is 32.8 Å². The summed E-state index contributed by atoms with van der Waals surface area (Å²) in [4.78, 5) is 35.2. The van der Waals surface area contributed by atoms with Gasteiger partial charge in [-0.2, -0.15) is 9.97 Å². The lowest BCUT2D eigenvalue weighted by atomic mass is 9.96. The summed E-state index contributed by atoms with van der Waals surface area (Å²) in [7, 11) is 0. The summed E-state index contributed by atoms with van der Waals surface area (Å²) >= 11 is 6.68. The standard InChI is InChI=1S/C27H22ClFN4O4/c1-2-22(36)32-7-9-33(10-8-32)26-20-15-21(28)23(24(29)25(20)30-27(31-26)37-12-11-34)19-14-17(35)13-16-5-3-4-6-18(16)19/h2-6,11,13-15,35H,1,7-10,12H2. The van der Waals surface area contributed by atoms with Gasteiger partial charge < -0.3 is 19.6 Å². The van der Waals surface area contributed by atoms with Crippen LogP contribution < -0.4 is 9.64 Å². The first-order chi connectivity index (χ1) is 17.9. The number of benzene rings is 3. The first kappa shape index (κ1) is 24.5. The van der Waals surface area contributed by atoms with Crippen molar-refractivity contribution in [1.29, 1.82) is 0 Å². The molecule has 2 heterocycles. The van der Waals surface area contributed by atoms with Gasteiger partial charge in [0.15, 0.2) is 12.1 Å². The number of piperazine rings is 1. The van der Waals surface area contributed by atoms with Gasteiger partial charge in [0.05, 0.1) is 5.02 Å². The Balaban J connectivity index is 1.68. The Bertz CT molecular complexity index is 1550. The summed E-state index contributed by atoms with van der Waals surface area (Å²) in [6.07, 6.45) is 1.82. The quantitative estimate of drug-likeness (QED) is 0.298. The Labute approximate surface area is 216 Å². The Morgan fingerprint density at radius 1 is 1.14 bits per heavy atom. The first-order valence-electron chi connectivity index (χ1n) is 11.6. The van der Waals surface area contributed by atoms with Crippen molar-refractivity contribution in [2.75, 3.05) is 37.7 Å². The van der Waals surface area contributed by atoms with Gasteiger partial charge in [-0.3, -0.25) is 9.59 Å². The topological polar surface area (TPSA) is 95.9 Å². The number of phenolic OH excluding ortho intramolecular Hbond substituents is 1. The number of ether oxygens (including phenoxy) is 1. The molecule has 1 aliphatic rings. The second kappa shape index (κ2) is 10.0. The molecule has 4 aromatic rings. The number of amides is 1. The molecule has 10 heteroatoms. The molecule has 0 atom stereocenters. The molecule has 1 amide bonds. The Morgan fingerprint density at radius 3 is 2.62 bits per heavy atom. The number of hydrogen-bond acceptors (Lipinski definition) is 7. The molecule has 1 aliphatic heterocycles. The van der Waals surface area contributed by atoms with Gasteiger partial charge in [0.25, 0.3) is 0 Å². The minimum absolute atomic E-state index is 0.0328. The first-order valence-corrected chi connectivity index (χ1v) is 11.9. The molecule has 37 heavy (non-hydrogen) atoms. The Kier molecular flexibility index (Phi) is 6.62. The van der Waals surface area contributed by atoms with Crippen molar-refractivity contribution in [1.82, 2.24) is 14.9 Å². The molecule has 8 nitrogen and oxygen atoms in total. The van der Waals surface area contributed by atoms with E-state index in [1.165, 1.54) is 12.1 Å². The number of anilines is 1. The van der Waals surface area contributed by atoms with Crippen molar-refractivity contribution in [3.63, 3.8) is 0 Å². The average Bonchev–Trinajstić information content (AvgIpc) is 2.91. The van der Waals surface area contributed by atoms with Crippen LogP contribution in [0.1, 0.15) is 0 Å². The predicted octanol–water partition coefficient (Wildman–Crippen LogP) is 4.36. The number of hydrogen-bond donors (Lipinski definition) is 1. The maximum atomic E-state index is 16.3. The summed E-state index contributed by atoms with van der Waals surface area (Å²) in [5, 5.41) is 12.2. The van der Waals surface area contributed by atoms with E-state index < -0.39 is 5.82 Å². The second-order valence-corrected chi connectivity index (χ2v) is 8.89. The van der Waals surface area contributed by atoms with Crippen molar-refractivity contribution in [3.05, 3.63) is 66.0 Å². The van der Waals surface area contributed by atoms with Crippen molar-refractivity contribution in [3.8, 4) is 22.9 Å². The number of fused-ring (bicyclic) bond motifs is 2. The number of carbonyl (C=O) groups excluding carboxylic acids is 2. The third-order valence-electron chi connectivity index (χ3n) is 6.30. The molecule has 1 fully saturated rings. The van der Waals surface area contributed by atoms with Gasteiger partial charge in [0.1, 0.15) is 23.7 Å². The molecular weight excluding hydrogens is 499 g/mol. The van der Waals surface area contributed by atoms with E-state index in [0.717, 1.165) is 5.39 Å². The van der Waals surface area contributed by atoms with Crippen molar-refractivity contribution in [2.24, 2.45) is 0 Å². The molecule has 0 saturated carbocycles. The number of aromatic hydroxyl groups is 1. The highest BCUT2D eigenvalue weighted by molar-refractivity contribution is 6.35. The zero-order valence-electron chi connectivity index (χ0n) is 19.7. The van der Waals surface area contributed by atoms with Crippen LogP contribution in [-0.2, 0) is 9.59 Å². The van der Waals surface area contributed by atoms with E-state index in [0.29, 0.717) is 54.6 Å². The van der Waals surface area contributed by atoms with Gasteiger partial charge in [0, 0.05) is 37.1 Å². The molecule has 0 unspecified atom stereocenters. The van der Waals surface area contributed by atoms with E-state index in [4.69, 9.17) is 16.3 Å². The molecule has 1 saturated heterocycles. The molecular formula is C27H22ClFN4O4. The van der Waals surface area contributed by atoms with Crippen LogP contribution in [0.4, 0.5) is 10.2 Å².